The molecular weight excluding hydrogens is 622 g/mol. The minimum atomic E-state index is -0.473. The molecule has 0 aromatic carbocycles. The molecule has 4 atom stereocenters. The number of hydrogen-bond acceptors (Lipinski definition) is 4. The third-order valence-electron chi connectivity index (χ3n) is 9.84. The first-order valence-corrected chi connectivity index (χ1v) is 18.2. The van der Waals surface area contributed by atoms with Gasteiger partial charge in [0.25, 0.3) is 5.56 Å². The largest absolute Gasteiger partial charge is 0.378 e. The Bertz CT molecular complexity index is 1690. The summed E-state index contributed by atoms with van der Waals surface area (Å²) in [5.41, 5.74) is 4.59. The fourth-order valence-electron chi connectivity index (χ4n) is 6.74. The van der Waals surface area contributed by atoms with Crippen LogP contribution in [0.5, 0.6) is 0 Å². The van der Waals surface area contributed by atoms with Gasteiger partial charge in [0.15, 0.2) is 0 Å². The Morgan fingerprint density at radius 1 is 1.29 bits per heavy atom. The fraction of sp³-hybridized carbons (Fsp3) is 0.500. The van der Waals surface area contributed by atoms with Crippen molar-refractivity contribution in [3.8, 4) is 0 Å². The first-order valence-electron chi connectivity index (χ1n) is 17.4. The lowest BCUT2D eigenvalue weighted by atomic mass is 9.83. The molecule has 2 aromatic heterocycles. The molecule has 258 valence electrons. The van der Waals surface area contributed by atoms with E-state index in [0.29, 0.717) is 25.3 Å². The van der Waals surface area contributed by atoms with Crippen LogP contribution < -0.4 is 5.56 Å². The highest BCUT2D eigenvalue weighted by atomic mass is 31.0. The number of aromatic amines is 1. The van der Waals surface area contributed by atoms with Crippen LogP contribution in [0.1, 0.15) is 58.4 Å². The van der Waals surface area contributed by atoms with Crippen molar-refractivity contribution in [3.63, 3.8) is 0 Å². The standard InChI is InChI=1S/C38H52FN6O2P/c1-6-30(12-11-27(3)39)35-25-47-21-20-45(35)28(4)41-38(44(18-8-22-48)19-16-29-9-7-10-29)42-34-14-13-31(23-26(34)2)33-24-43(5)37(46)36-32(33)15-17-40-36/h6,11-15,17,23-24,26,28-29,35,40H,3,7-10,16,18-22,25,48H2,1-2,4-5H3/b12-11-,30-6+,41-38+,42-34-. The van der Waals surface area contributed by atoms with Crippen LogP contribution in [0, 0.1) is 11.8 Å². The number of aliphatic imine (C=N–C) groups is 2. The maximum absolute atomic E-state index is 13.6. The highest BCUT2D eigenvalue weighted by Crippen LogP contribution is 2.31. The van der Waals surface area contributed by atoms with Crippen molar-refractivity contribution in [1.29, 1.82) is 0 Å². The highest BCUT2D eigenvalue weighted by Gasteiger charge is 2.30. The molecule has 2 aliphatic carbocycles. The van der Waals surface area contributed by atoms with E-state index in [9.17, 15) is 9.18 Å². The predicted molar refractivity (Wildman–Crippen MR) is 201 cm³/mol. The average molecular weight is 675 g/mol. The van der Waals surface area contributed by atoms with E-state index in [-0.39, 0.29) is 23.7 Å². The number of nitrogens with one attached hydrogen (secondary N) is 1. The number of aromatic nitrogens is 2. The summed E-state index contributed by atoms with van der Waals surface area (Å²) < 4.78 is 21.1. The van der Waals surface area contributed by atoms with Gasteiger partial charge >= 0.3 is 0 Å². The molecule has 0 radical (unpaired) electrons. The highest BCUT2D eigenvalue weighted by molar-refractivity contribution is 7.16. The van der Waals surface area contributed by atoms with Crippen molar-refractivity contribution < 1.29 is 9.13 Å². The molecule has 2 fully saturated rings. The molecular formula is C38H52FN6O2P. The summed E-state index contributed by atoms with van der Waals surface area (Å²) in [4.78, 5) is 31.2. The maximum Gasteiger partial charge on any atom is 0.274 e. The molecule has 48 heavy (non-hydrogen) atoms. The molecule has 1 aliphatic heterocycles. The first-order chi connectivity index (χ1) is 23.2. The van der Waals surface area contributed by atoms with E-state index >= 15 is 0 Å². The number of H-pyrrole nitrogens is 1. The van der Waals surface area contributed by atoms with Crippen LogP contribution in [0.15, 0.2) is 87.7 Å². The van der Waals surface area contributed by atoms with Crippen LogP contribution in [0.4, 0.5) is 4.39 Å². The van der Waals surface area contributed by atoms with Crippen molar-refractivity contribution in [1.82, 2.24) is 19.4 Å². The summed E-state index contributed by atoms with van der Waals surface area (Å²) in [5, 5.41) is 0.920. The molecule has 1 N–H and O–H groups in total. The molecule has 0 spiro atoms. The second-order valence-corrected chi connectivity index (χ2v) is 13.8. The Labute approximate surface area is 287 Å². The van der Waals surface area contributed by atoms with Gasteiger partial charge in [-0.05, 0) is 68.1 Å². The quantitative estimate of drug-likeness (QED) is 0.113. The van der Waals surface area contributed by atoms with E-state index in [0.717, 1.165) is 71.8 Å². The van der Waals surface area contributed by atoms with E-state index < -0.39 is 5.83 Å². The predicted octanol–water partition coefficient (Wildman–Crippen LogP) is 7.04. The number of morpholine rings is 1. The van der Waals surface area contributed by atoms with Gasteiger partial charge in [-0.3, -0.25) is 9.69 Å². The SMILES string of the molecule is C=C(F)/C=C\C(=C/C)C1COCCN1C(C)/N=C(\N=C1\C=CC(c2cn(C)c(=O)c3[nH]ccc23)=CC1C)N(CCCP)CCC1CCC1. The zero-order chi connectivity index (χ0) is 34.2. The van der Waals surface area contributed by atoms with Crippen LogP contribution in [-0.2, 0) is 11.8 Å². The van der Waals surface area contributed by atoms with E-state index in [1.165, 1.54) is 25.3 Å². The molecule has 1 saturated carbocycles. The topological polar surface area (TPSA) is 78.2 Å². The zero-order valence-electron chi connectivity index (χ0n) is 29.0. The molecule has 0 amide bonds. The minimum Gasteiger partial charge on any atom is -0.378 e. The lowest BCUT2D eigenvalue weighted by Gasteiger charge is -2.39. The fourth-order valence-corrected chi connectivity index (χ4v) is 6.93. The molecule has 0 bridgehead atoms. The number of guanidine groups is 1. The van der Waals surface area contributed by atoms with Crippen molar-refractivity contribution >= 4 is 37.4 Å². The Balaban J connectivity index is 1.49. The third-order valence-corrected chi connectivity index (χ3v) is 10.2. The summed E-state index contributed by atoms with van der Waals surface area (Å²) >= 11 is 0. The zero-order valence-corrected chi connectivity index (χ0v) is 30.2. The molecule has 8 nitrogen and oxygen atoms in total. The second kappa shape index (κ2) is 16.8. The lowest BCUT2D eigenvalue weighted by molar-refractivity contribution is -0.00935. The summed E-state index contributed by atoms with van der Waals surface area (Å²) in [5.74, 6) is 1.10. The number of nitrogens with zero attached hydrogens (tertiary/aromatic N) is 5. The van der Waals surface area contributed by atoms with Crippen molar-refractivity contribution in [2.24, 2.45) is 28.9 Å². The Morgan fingerprint density at radius 3 is 2.79 bits per heavy atom. The van der Waals surface area contributed by atoms with Gasteiger partial charge in [-0.2, -0.15) is 0 Å². The number of pyridine rings is 1. The average Bonchev–Trinajstić information content (AvgIpc) is 3.55. The van der Waals surface area contributed by atoms with Crippen LogP contribution in [0.3, 0.4) is 0 Å². The minimum absolute atomic E-state index is 0.0372. The number of allylic oxidation sites excluding steroid dienone is 7. The van der Waals surface area contributed by atoms with Crippen molar-refractivity contribution in [2.75, 3.05) is 39.0 Å². The van der Waals surface area contributed by atoms with Crippen LogP contribution >= 0.6 is 9.24 Å². The monoisotopic (exact) mass is 674 g/mol. The Morgan fingerprint density at radius 2 is 2.10 bits per heavy atom. The van der Waals surface area contributed by atoms with Gasteiger partial charge in [-0.1, -0.05) is 57.1 Å². The van der Waals surface area contributed by atoms with Gasteiger partial charge in [-0.25, -0.2) is 14.4 Å². The molecule has 4 unspecified atom stereocenters. The van der Waals surface area contributed by atoms with E-state index in [1.54, 1.807) is 17.7 Å². The van der Waals surface area contributed by atoms with Gasteiger partial charge < -0.3 is 19.2 Å². The van der Waals surface area contributed by atoms with Crippen molar-refractivity contribution in [3.05, 3.63) is 88.8 Å². The van der Waals surface area contributed by atoms with Crippen LogP contribution in [-0.4, -0.2) is 82.2 Å². The van der Waals surface area contributed by atoms with Crippen LogP contribution in [0.25, 0.3) is 16.5 Å². The summed E-state index contributed by atoms with van der Waals surface area (Å²) in [6, 6.07) is 1.91. The van der Waals surface area contributed by atoms with Gasteiger partial charge in [-0.15, -0.1) is 9.24 Å². The first kappa shape index (κ1) is 35.9. The molecule has 1 saturated heterocycles. The van der Waals surface area contributed by atoms with Gasteiger partial charge in [0.2, 0.25) is 5.96 Å². The summed E-state index contributed by atoms with van der Waals surface area (Å²) in [6.07, 6.45) is 22.3. The summed E-state index contributed by atoms with van der Waals surface area (Å²) in [6.45, 7) is 13.3. The van der Waals surface area contributed by atoms with Gasteiger partial charge in [0.1, 0.15) is 17.5 Å². The van der Waals surface area contributed by atoms with Gasteiger partial charge in [0.05, 0.1) is 25.0 Å². The van der Waals surface area contributed by atoms with Gasteiger partial charge in [0, 0.05) is 55.9 Å². The Kier molecular flexibility index (Phi) is 12.6. The van der Waals surface area contributed by atoms with Crippen LogP contribution in [0.2, 0.25) is 0 Å². The number of aryl methyl sites for hydroxylation is 1. The number of rotatable bonds is 12. The second-order valence-electron chi connectivity index (χ2n) is 13.2. The smallest absolute Gasteiger partial charge is 0.274 e. The molecule has 10 heteroatoms. The number of hydrogen-bond donors (Lipinski definition) is 1. The molecule has 2 aromatic rings. The lowest BCUT2D eigenvalue weighted by Crippen LogP contribution is -2.50. The number of fused-ring (bicyclic) bond motifs is 1. The number of halogens is 1. The Hall–Kier alpha value is -3.39. The van der Waals surface area contributed by atoms with E-state index in [4.69, 9.17) is 14.7 Å². The number of ether oxygens (including phenoxy) is 1. The molecule has 3 heterocycles. The maximum atomic E-state index is 13.6. The normalized spacial score (nSPS) is 22.8. The third kappa shape index (κ3) is 8.60. The molecule has 3 aliphatic rings. The summed E-state index contributed by atoms with van der Waals surface area (Å²) in [7, 11) is 4.65. The van der Waals surface area contributed by atoms with Crippen molar-refractivity contribution in [2.45, 2.75) is 65.1 Å². The van der Waals surface area contributed by atoms with E-state index in [2.05, 4.69) is 62.7 Å². The molecule has 5 rings (SSSR count). The van der Waals surface area contributed by atoms with E-state index in [1.807, 2.05) is 31.5 Å².